The normalized spacial score (nSPS) is 11.1. The summed E-state index contributed by atoms with van der Waals surface area (Å²) in [6, 6.07) is 12.2. The Bertz CT molecular complexity index is 689. The summed E-state index contributed by atoms with van der Waals surface area (Å²) in [5.41, 5.74) is 2.18. The zero-order chi connectivity index (χ0) is 11.1. The molecule has 0 aliphatic heterocycles. The average molecular weight is 228 g/mol. The molecule has 0 radical (unpaired) electrons. The Morgan fingerprint density at radius 3 is 2.88 bits per heavy atom. The predicted octanol–water partition coefficient (Wildman–Crippen LogP) is 4.35. The van der Waals surface area contributed by atoms with E-state index in [4.69, 9.17) is 11.6 Å². The van der Waals surface area contributed by atoms with E-state index in [0.717, 1.165) is 21.3 Å². The van der Waals surface area contributed by atoms with Crippen molar-refractivity contribution in [3.63, 3.8) is 0 Å². The minimum absolute atomic E-state index is 0.763. The lowest BCUT2D eigenvalue weighted by atomic mass is 10.0. The Morgan fingerprint density at radius 1 is 1.12 bits per heavy atom. The molecule has 0 aliphatic rings. The first-order chi connectivity index (χ1) is 7.75. The van der Waals surface area contributed by atoms with Crippen LogP contribution in [0.15, 0.2) is 42.6 Å². The van der Waals surface area contributed by atoms with E-state index in [1.165, 1.54) is 10.9 Å². The van der Waals surface area contributed by atoms with Crippen molar-refractivity contribution in [2.45, 2.75) is 6.92 Å². The van der Waals surface area contributed by atoms with Crippen molar-refractivity contribution in [1.29, 1.82) is 0 Å². The van der Waals surface area contributed by atoms with Crippen LogP contribution in [0.3, 0.4) is 0 Å². The van der Waals surface area contributed by atoms with Crippen LogP contribution in [0.4, 0.5) is 0 Å². The highest BCUT2D eigenvalue weighted by atomic mass is 35.5. The van der Waals surface area contributed by atoms with Gasteiger partial charge in [0.2, 0.25) is 0 Å². The summed E-state index contributed by atoms with van der Waals surface area (Å²) in [5, 5.41) is 4.11. The molecular formula is C14H10ClN. The van der Waals surface area contributed by atoms with E-state index in [-0.39, 0.29) is 0 Å². The van der Waals surface area contributed by atoms with Crippen molar-refractivity contribution in [1.82, 2.24) is 4.98 Å². The van der Waals surface area contributed by atoms with Gasteiger partial charge in [-0.25, -0.2) is 0 Å². The van der Waals surface area contributed by atoms with E-state index in [1.807, 2.05) is 24.4 Å². The molecule has 16 heavy (non-hydrogen) atoms. The Morgan fingerprint density at radius 2 is 2.00 bits per heavy atom. The predicted molar refractivity (Wildman–Crippen MR) is 69.0 cm³/mol. The van der Waals surface area contributed by atoms with Crippen molar-refractivity contribution < 1.29 is 0 Å². The van der Waals surface area contributed by atoms with Crippen molar-refractivity contribution >= 4 is 33.3 Å². The van der Waals surface area contributed by atoms with Crippen molar-refractivity contribution in [3.8, 4) is 0 Å². The molecular weight excluding hydrogens is 218 g/mol. The molecule has 0 atom stereocenters. The number of hydrogen-bond acceptors (Lipinski definition) is 1. The van der Waals surface area contributed by atoms with Crippen LogP contribution in [0, 0.1) is 6.92 Å². The van der Waals surface area contributed by atoms with Crippen molar-refractivity contribution in [3.05, 3.63) is 53.2 Å². The minimum atomic E-state index is 0.763. The molecule has 2 aromatic carbocycles. The van der Waals surface area contributed by atoms with Crippen molar-refractivity contribution in [2.75, 3.05) is 0 Å². The number of fused-ring (bicyclic) bond motifs is 3. The molecule has 1 aromatic heterocycles. The summed E-state index contributed by atoms with van der Waals surface area (Å²) in [6.45, 7) is 2.08. The fourth-order valence-corrected chi connectivity index (χ4v) is 2.31. The first-order valence-corrected chi connectivity index (χ1v) is 5.57. The quantitative estimate of drug-likeness (QED) is 0.521. The van der Waals surface area contributed by atoms with Crippen LogP contribution in [0.25, 0.3) is 21.7 Å². The highest BCUT2D eigenvalue weighted by Gasteiger charge is 2.04. The minimum Gasteiger partial charge on any atom is -0.256 e. The molecule has 0 aliphatic carbocycles. The second-order valence-electron chi connectivity index (χ2n) is 3.98. The summed E-state index contributed by atoms with van der Waals surface area (Å²) in [4.78, 5) is 4.43. The van der Waals surface area contributed by atoms with Gasteiger partial charge in [0.15, 0.2) is 0 Å². The van der Waals surface area contributed by atoms with Crippen molar-refractivity contribution in [2.24, 2.45) is 0 Å². The van der Waals surface area contributed by atoms with Gasteiger partial charge >= 0.3 is 0 Å². The van der Waals surface area contributed by atoms with E-state index in [2.05, 4.69) is 30.1 Å². The third-order valence-corrected chi connectivity index (χ3v) is 3.13. The standard InChI is InChI=1S/C14H10ClN/c1-9-5-6-11-10(7-9)8-16-13-4-2-3-12(15)14(11)13/h2-8H,1H3. The molecule has 0 spiro atoms. The topological polar surface area (TPSA) is 12.9 Å². The summed E-state index contributed by atoms with van der Waals surface area (Å²) in [7, 11) is 0. The molecule has 3 aromatic rings. The summed E-state index contributed by atoms with van der Waals surface area (Å²) < 4.78 is 0. The van der Waals surface area contributed by atoms with Gasteiger partial charge in [0, 0.05) is 17.0 Å². The molecule has 2 heteroatoms. The summed E-state index contributed by atoms with van der Waals surface area (Å²) in [6.07, 6.45) is 1.90. The van der Waals surface area contributed by atoms with Crippen LogP contribution in [0.2, 0.25) is 5.02 Å². The molecule has 0 bridgehead atoms. The highest BCUT2D eigenvalue weighted by molar-refractivity contribution is 6.37. The maximum Gasteiger partial charge on any atom is 0.0723 e. The van der Waals surface area contributed by atoms with Gasteiger partial charge in [0.05, 0.1) is 10.5 Å². The number of pyridine rings is 1. The van der Waals surface area contributed by atoms with Crippen LogP contribution in [-0.4, -0.2) is 4.98 Å². The number of aromatic nitrogens is 1. The lowest BCUT2D eigenvalue weighted by molar-refractivity contribution is 1.43. The van der Waals surface area contributed by atoms with Gasteiger partial charge in [0.1, 0.15) is 0 Å². The van der Waals surface area contributed by atoms with Gasteiger partial charge in [-0.2, -0.15) is 0 Å². The Labute approximate surface area is 98.7 Å². The lowest BCUT2D eigenvalue weighted by Gasteiger charge is -2.05. The SMILES string of the molecule is Cc1ccc2c(cnc3cccc(Cl)c32)c1. The number of halogens is 1. The van der Waals surface area contributed by atoms with Gasteiger partial charge in [-0.05, 0) is 30.5 Å². The number of rotatable bonds is 0. The third kappa shape index (κ3) is 1.36. The number of benzene rings is 2. The molecule has 0 N–H and O–H groups in total. The summed E-state index contributed by atoms with van der Waals surface area (Å²) >= 11 is 6.24. The zero-order valence-electron chi connectivity index (χ0n) is 8.87. The van der Waals surface area contributed by atoms with Crippen LogP contribution in [-0.2, 0) is 0 Å². The van der Waals surface area contributed by atoms with Gasteiger partial charge in [0.25, 0.3) is 0 Å². The number of aryl methyl sites for hydroxylation is 1. The highest BCUT2D eigenvalue weighted by Crippen LogP contribution is 2.29. The maximum absolute atomic E-state index is 6.24. The van der Waals surface area contributed by atoms with Crippen LogP contribution in [0.5, 0.6) is 0 Å². The molecule has 1 heterocycles. The average Bonchev–Trinajstić information content (AvgIpc) is 2.29. The van der Waals surface area contributed by atoms with Crippen LogP contribution in [0.1, 0.15) is 5.56 Å². The second-order valence-corrected chi connectivity index (χ2v) is 4.39. The molecule has 0 fully saturated rings. The second kappa shape index (κ2) is 3.46. The maximum atomic E-state index is 6.24. The van der Waals surface area contributed by atoms with Gasteiger partial charge in [-0.1, -0.05) is 35.4 Å². The molecule has 0 saturated heterocycles. The smallest absolute Gasteiger partial charge is 0.0723 e. The van der Waals surface area contributed by atoms with E-state index in [9.17, 15) is 0 Å². The van der Waals surface area contributed by atoms with E-state index < -0.39 is 0 Å². The molecule has 1 nitrogen and oxygen atoms in total. The van der Waals surface area contributed by atoms with Gasteiger partial charge in [-0.3, -0.25) is 4.98 Å². The van der Waals surface area contributed by atoms with Gasteiger partial charge in [-0.15, -0.1) is 0 Å². The zero-order valence-corrected chi connectivity index (χ0v) is 9.62. The summed E-state index contributed by atoms with van der Waals surface area (Å²) in [5.74, 6) is 0. The molecule has 78 valence electrons. The van der Waals surface area contributed by atoms with Gasteiger partial charge < -0.3 is 0 Å². The van der Waals surface area contributed by atoms with E-state index in [0.29, 0.717) is 0 Å². The Kier molecular flexibility index (Phi) is 2.08. The van der Waals surface area contributed by atoms with E-state index in [1.54, 1.807) is 0 Å². The third-order valence-electron chi connectivity index (χ3n) is 2.81. The fraction of sp³-hybridized carbons (Fsp3) is 0.0714. The Hall–Kier alpha value is -1.60. The number of hydrogen-bond donors (Lipinski definition) is 0. The van der Waals surface area contributed by atoms with E-state index >= 15 is 0 Å². The molecule has 0 amide bonds. The monoisotopic (exact) mass is 227 g/mol. The van der Waals surface area contributed by atoms with Crippen LogP contribution < -0.4 is 0 Å². The van der Waals surface area contributed by atoms with Crippen LogP contribution >= 0.6 is 11.6 Å². The fourth-order valence-electron chi connectivity index (χ4n) is 2.04. The first kappa shape index (κ1) is 9.61. The molecule has 3 rings (SSSR count). The molecule has 0 unspecified atom stereocenters. The largest absolute Gasteiger partial charge is 0.256 e. The molecule has 0 saturated carbocycles. The first-order valence-electron chi connectivity index (χ1n) is 5.19. The lowest BCUT2D eigenvalue weighted by Crippen LogP contribution is -1.83. The number of nitrogens with zero attached hydrogens (tertiary/aromatic N) is 1. The Balaban J connectivity index is 2.58.